The number of piperidine rings is 1. The molecule has 0 saturated carbocycles. The minimum Gasteiger partial charge on any atom is -0.497 e. The monoisotopic (exact) mass is 421 g/mol. The molecule has 0 aromatic heterocycles. The van der Waals surface area contributed by atoms with E-state index in [0.29, 0.717) is 38.1 Å². The number of nitrogens with one attached hydrogen (secondary N) is 2. The van der Waals surface area contributed by atoms with E-state index in [9.17, 15) is 9.59 Å². The molecule has 2 aromatic rings. The summed E-state index contributed by atoms with van der Waals surface area (Å²) in [6.07, 6.45) is 2.58. The topological polar surface area (TPSA) is 79.9 Å². The van der Waals surface area contributed by atoms with E-state index in [1.165, 1.54) is 0 Å². The van der Waals surface area contributed by atoms with Crippen LogP contribution in [0.15, 0.2) is 48.5 Å². The highest BCUT2D eigenvalue weighted by Crippen LogP contribution is 2.42. The summed E-state index contributed by atoms with van der Waals surface area (Å²) >= 11 is 0. The zero-order chi connectivity index (χ0) is 21.5. The number of rotatable bonds is 3. The molecule has 1 atom stereocenters. The molecule has 2 saturated heterocycles. The van der Waals surface area contributed by atoms with Gasteiger partial charge in [-0.1, -0.05) is 24.3 Å². The Balaban J connectivity index is 1.22. The molecule has 31 heavy (non-hydrogen) atoms. The summed E-state index contributed by atoms with van der Waals surface area (Å²) < 4.78 is 11.5. The number of anilines is 1. The molecule has 5 rings (SSSR count). The highest BCUT2D eigenvalue weighted by molar-refractivity contribution is 6.02. The van der Waals surface area contributed by atoms with Crippen LogP contribution >= 0.6 is 0 Å². The summed E-state index contributed by atoms with van der Waals surface area (Å²) in [5.74, 6) is 0.811. The van der Waals surface area contributed by atoms with Gasteiger partial charge in [-0.15, -0.1) is 0 Å². The van der Waals surface area contributed by atoms with E-state index >= 15 is 0 Å². The smallest absolute Gasteiger partial charge is 0.255 e. The standard InChI is InChI=1S/C24H27N3O4/c1-30-18-6-4-5-17(13-18)14-21(28)27-11-9-23(10-12-27)15-24(16-31-23)25-20-8-3-2-7-19(20)22(29)26-24/h2-8,13,25H,9-12,14-16H2,1H3,(H,26,29). The summed E-state index contributed by atoms with van der Waals surface area (Å²) in [7, 11) is 1.63. The zero-order valence-corrected chi connectivity index (χ0v) is 17.6. The molecule has 3 aliphatic heterocycles. The molecule has 2 spiro atoms. The van der Waals surface area contributed by atoms with Gasteiger partial charge in [0, 0.05) is 25.2 Å². The molecule has 0 bridgehead atoms. The maximum atomic E-state index is 12.8. The molecule has 7 nitrogen and oxygen atoms in total. The molecule has 0 aliphatic carbocycles. The highest BCUT2D eigenvalue weighted by Gasteiger charge is 2.53. The van der Waals surface area contributed by atoms with Crippen LogP contribution in [0.2, 0.25) is 0 Å². The van der Waals surface area contributed by atoms with Crippen LogP contribution in [0.4, 0.5) is 5.69 Å². The predicted octanol–water partition coefficient (Wildman–Crippen LogP) is 2.57. The maximum absolute atomic E-state index is 12.8. The first-order chi connectivity index (χ1) is 15.0. The quantitative estimate of drug-likeness (QED) is 0.796. The third-order valence-corrected chi connectivity index (χ3v) is 6.66. The Morgan fingerprint density at radius 1 is 1.13 bits per heavy atom. The van der Waals surface area contributed by atoms with Gasteiger partial charge in [0.1, 0.15) is 11.4 Å². The van der Waals surface area contributed by atoms with Crippen LogP contribution in [-0.4, -0.2) is 54.8 Å². The second-order valence-electron chi connectivity index (χ2n) is 8.76. The van der Waals surface area contributed by atoms with E-state index in [0.717, 1.165) is 29.8 Å². The Hall–Kier alpha value is -3.06. The lowest BCUT2D eigenvalue weighted by atomic mass is 9.84. The Bertz CT molecular complexity index is 1020. The van der Waals surface area contributed by atoms with E-state index in [1.807, 2.05) is 53.4 Å². The summed E-state index contributed by atoms with van der Waals surface area (Å²) in [5, 5.41) is 6.63. The van der Waals surface area contributed by atoms with Gasteiger partial charge in [0.05, 0.1) is 31.3 Å². The summed E-state index contributed by atoms with van der Waals surface area (Å²) in [6.45, 7) is 1.73. The van der Waals surface area contributed by atoms with Crippen molar-refractivity contribution >= 4 is 17.5 Å². The second kappa shape index (κ2) is 7.57. The van der Waals surface area contributed by atoms with Crippen LogP contribution in [0, 0.1) is 0 Å². The van der Waals surface area contributed by atoms with Gasteiger partial charge in [-0.25, -0.2) is 0 Å². The number of benzene rings is 2. The molecule has 7 heteroatoms. The van der Waals surface area contributed by atoms with Crippen molar-refractivity contribution in [3.8, 4) is 5.75 Å². The molecule has 3 heterocycles. The minimum atomic E-state index is -0.585. The van der Waals surface area contributed by atoms with Crippen LogP contribution < -0.4 is 15.4 Å². The fourth-order valence-corrected chi connectivity index (χ4v) is 5.01. The minimum absolute atomic E-state index is 0.0686. The molecular weight excluding hydrogens is 394 g/mol. The second-order valence-corrected chi connectivity index (χ2v) is 8.76. The van der Waals surface area contributed by atoms with Crippen molar-refractivity contribution in [3.63, 3.8) is 0 Å². The van der Waals surface area contributed by atoms with Gasteiger partial charge in [-0.05, 0) is 42.7 Å². The van der Waals surface area contributed by atoms with Crippen LogP contribution in [-0.2, 0) is 16.0 Å². The maximum Gasteiger partial charge on any atom is 0.255 e. The number of likely N-dealkylation sites (tertiary alicyclic amines) is 1. The summed E-state index contributed by atoms with van der Waals surface area (Å²) in [5.41, 5.74) is 1.55. The average molecular weight is 421 g/mol. The van der Waals surface area contributed by atoms with E-state index in [4.69, 9.17) is 9.47 Å². The Morgan fingerprint density at radius 2 is 1.94 bits per heavy atom. The molecule has 162 valence electrons. The summed E-state index contributed by atoms with van der Waals surface area (Å²) in [6, 6.07) is 15.2. The van der Waals surface area contributed by atoms with Crippen LogP contribution in [0.3, 0.4) is 0 Å². The van der Waals surface area contributed by atoms with Gasteiger partial charge in [-0.2, -0.15) is 0 Å². The lowest BCUT2D eigenvalue weighted by Gasteiger charge is -2.41. The molecule has 1 unspecified atom stereocenters. The lowest BCUT2D eigenvalue weighted by molar-refractivity contribution is -0.135. The van der Waals surface area contributed by atoms with E-state index < -0.39 is 5.66 Å². The van der Waals surface area contributed by atoms with Crippen molar-refractivity contribution in [1.29, 1.82) is 0 Å². The van der Waals surface area contributed by atoms with Crippen molar-refractivity contribution in [1.82, 2.24) is 10.2 Å². The van der Waals surface area contributed by atoms with Crippen molar-refractivity contribution in [3.05, 3.63) is 59.7 Å². The number of carbonyl (C=O) groups is 2. The Kier molecular flexibility index (Phi) is 4.85. The third kappa shape index (κ3) is 3.74. The molecule has 2 aromatic carbocycles. The number of methoxy groups -OCH3 is 1. The number of ether oxygens (including phenoxy) is 2. The molecule has 2 fully saturated rings. The van der Waals surface area contributed by atoms with Gasteiger partial charge < -0.3 is 25.0 Å². The lowest BCUT2D eigenvalue weighted by Crippen LogP contribution is -2.59. The van der Waals surface area contributed by atoms with Crippen LogP contribution in [0.5, 0.6) is 5.75 Å². The largest absolute Gasteiger partial charge is 0.497 e. The van der Waals surface area contributed by atoms with Crippen molar-refractivity contribution in [2.75, 3.05) is 32.1 Å². The van der Waals surface area contributed by atoms with Gasteiger partial charge in [-0.3, -0.25) is 9.59 Å². The van der Waals surface area contributed by atoms with E-state index in [1.54, 1.807) is 7.11 Å². The molecular formula is C24H27N3O4. The third-order valence-electron chi connectivity index (χ3n) is 6.66. The SMILES string of the molecule is COc1cccc(CC(=O)N2CCC3(CC2)CC2(CO3)NC(=O)c3ccccc3N2)c1. The van der Waals surface area contributed by atoms with Crippen LogP contribution in [0.1, 0.15) is 35.2 Å². The van der Waals surface area contributed by atoms with Crippen molar-refractivity contribution in [2.45, 2.75) is 36.9 Å². The first kappa shape index (κ1) is 19.9. The molecule has 3 aliphatic rings. The number of para-hydroxylation sites is 1. The van der Waals surface area contributed by atoms with Crippen molar-refractivity contribution in [2.24, 2.45) is 0 Å². The average Bonchev–Trinajstić information content (AvgIpc) is 3.11. The highest BCUT2D eigenvalue weighted by atomic mass is 16.5. The molecule has 0 radical (unpaired) electrons. The number of hydrogen-bond donors (Lipinski definition) is 2. The molecule has 2 N–H and O–H groups in total. The Morgan fingerprint density at radius 3 is 2.74 bits per heavy atom. The zero-order valence-electron chi connectivity index (χ0n) is 17.6. The van der Waals surface area contributed by atoms with Crippen LogP contribution in [0.25, 0.3) is 0 Å². The van der Waals surface area contributed by atoms with Gasteiger partial charge in [0.15, 0.2) is 0 Å². The first-order valence-corrected chi connectivity index (χ1v) is 10.7. The number of amides is 2. The number of fused-ring (bicyclic) bond motifs is 1. The van der Waals surface area contributed by atoms with E-state index in [2.05, 4.69) is 10.6 Å². The molecule has 2 amide bonds. The number of nitrogens with zero attached hydrogens (tertiary/aromatic N) is 1. The van der Waals surface area contributed by atoms with Gasteiger partial charge in [0.25, 0.3) is 5.91 Å². The number of carbonyl (C=O) groups excluding carboxylic acids is 2. The fourth-order valence-electron chi connectivity index (χ4n) is 5.01. The fraction of sp³-hybridized carbons (Fsp3) is 0.417. The van der Waals surface area contributed by atoms with E-state index in [-0.39, 0.29) is 17.4 Å². The first-order valence-electron chi connectivity index (χ1n) is 10.7. The predicted molar refractivity (Wildman–Crippen MR) is 116 cm³/mol. The normalized spacial score (nSPS) is 23.9. The van der Waals surface area contributed by atoms with Crippen molar-refractivity contribution < 1.29 is 19.1 Å². The van der Waals surface area contributed by atoms with Gasteiger partial charge >= 0.3 is 0 Å². The summed E-state index contributed by atoms with van der Waals surface area (Å²) in [4.78, 5) is 27.3. The van der Waals surface area contributed by atoms with Gasteiger partial charge in [0.2, 0.25) is 5.91 Å². The Labute approximate surface area is 181 Å². The number of hydrogen-bond acceptors (Lipinski definition) is 5.